The fourth-order valence-electron chi connectivity index (χ4n) is 1.59. The minimum absolute atomic E-state index is 0.0358. The predicted octanol–water partition coefficient (Wildman–Crippen LogP) is 1.03. The van der Waals surface area contributed by atoms with Crippen molar-refractivity contribution in [2.24, 2.45) is 7.05 Å². The Hall–Kier alpha value is -2.24. The van der Waals surface area contributed by atoms with Gasteiger partial charge in [0.2, 0.25) is 5.88 Å². The molecule has 6 heteroatoms. The zero-order chi connectivity index (χ0) is 13.0. The van der Waals surface area contributed by atoms with Gasteiger partial charge in [0.05, 0.1) is 7.11 Å². The molecular formula is C12H14N4O2. The first-order chi connectivity index (χ1) is 8.70. The molecule has 0 saturated heterocycles. The molecule has 0 N–H and O–H groups in total. The van der Waals surface area contributed by atoms with Crippen LogP contribution in [0.15, 0.2) is 24.4 Å². The SMILES string of the molecule is COc1ccc(C(=O)CCc2ccnn2C)nn1. The zero-order valence-corrected chi connectivity index (χ0v) is 10.3. The lowest BCUT2D eigenvalue weighted by atomic mass is 10.1. The van der Waals surface area contributed by atoms with Crippen LogP contribution in [-0.4, -0.2) is 32.9 Å². The van der Waals surface area contributed by atoms with Crippen LogP contribution >= 0.6 is 0 Å². The molecule has 2 aromatic heterocycles. The molecule has 0 atom stereocenters. The van der Waals surface area contributed by atoms with Crippen molar-refractivity contribution in [2.45, 2.75) is 12.8 Å². The van der Waals surface area contributed by atoms with Crippen LogP contribution < -0.4 is 4.74 Å². The van der Waals surface area contributed by atoms with Gasteiger partial charge >= 0.3 is 0 Å². The number of ether oxygens (including phenoxy) is 1. The van der Waals surface area contributed by atoms with E-state index in [9.17, 15) is 4.79 Å². The lowest BCUT2D eigenvalue weighted by molar-refractivity contribution is 0.0976. The fourth-order valence-corrected chi connectivity index (χ4v) is 1.59. The molecule has 0 amide bonds. The molecule has 6 nitrogen and oxygen atoms in total. The number of nitrogens with zero attached hydrogens (tertiary/aromatic N) is 4. The van der Waals surface area contributed by atoms with E-state index in [0.717, 1.165) is 5.69 Å². The van der Waals surface area contributed by atoms with E-state index in [2.05, 4.69) is 15.3 Å². The summed E-state index contributed by atoms with van der Waals surface area (Å²) >= 11 is 0. The first kappa shape index (κ1) is 12.2. The van der Waals surface area contributed by atoms with Crippen LogP contribution in [0, 0.1) is 0 Å². The lowest BCUT2D eigenvalue weighted by Crippen LogP contribution is -2.07. The number of hydrogen-bond acceptors (Lipinski definition) is 5. The summed E-state index contributed by atoms with van der Waals surface area (Å²) in [6.07, 6.45) is 2.75. The van der Waals surface area contributed by atoms with Gasteiger partial charge < -0.3 is 4.74 Å². The van der Waals surface area contributed by atoms with Gasteiger partial charge in [-0.3, -0.25) is 9.48 Å². The summed E-state index contributed by atoms with van der Waals surface area (Å²) in [6.45, 7) is 0. The van der Waals surface area contributed by atoms with Crippen molar-refractivity contribution in [1.29, 1.82) is 0 Å². The van der Waals surface area contributed by atoms with Crippen molar-refractivity contribution in [2.75, 3.05) is 7.11 Å². The molecule has 0 fully saturated rings. The minimum Gasteiger partial charge on any atom is -0.480 e. The number of Topliss-reactive ketones (excluding diaryl/α,β-unsaturated/α-hetero) is 1. The maximum Gasteiger partial charge on any atom is 0.233 e. The Morgan fingerprint density at radius 1 is 1.33 bits per heavy atom. The van der Waals surface area contributed by atoms with Gasteiger partial charge in [0, 0.05) is 31.4 Å². The number of aryl methyl sites for hydroxylation is 2. The molecule has 2 heterocycles. The molecule has 0 aliphatic carbocycles. The van der Waals surface area contributed by atoms with Gasteiger partial charge in [0.15, 0.2) is 5.78 Å². The van der Waals surface area contributed by atoms with E-state index in [1.54, 1.807) is 23.0 Å². The van der Waals surface area contributed by atoms with Crippen LogP contribution in [0.5, 0.6) is 5.88 Å². The Morgan fingerprint density at radius 3 is 2.72 bits per heavy atom. The van der Waals surface area contributed by atoms with E-state index in [1.807, 2.05) is 13.1 Å². The minimum atomic E-state index is -0.0358. The van der Waals surface area contributed by atoms with Gasteiger partial charge in [-0.05, 0) is 18.6 Å². The zero-order valence-electron chi connectivity index (χ0n) is 10.3. The third-order valence-corrected chi connectivity index (χ3v) is 2.67. The highest BCUT2D eigenvalue weighted by Crippen LogP contribution is 2.08. The van der Waals surface area contributed by atoms with Crippen LogP contribution in [-0.2, 0) is 13.5 Å². The molecule has 0 unspecified atom stereocenters. The molecule has 0 spiro atoms. The average molecular weight is 246 g/mol. The summed E-state index contributed by atoms with van der Waals surface area (Å²) in [5, 5.41) is 11.6. The van der Waals surface area contributed by atoms with E-state index in [1.165, 1.54) is 7.11 Å². The Kier molecular flexibility index (Phi) is 3.66. The molecular weight excluding hydrogens is 232 g/mol. The van der Waals surface area contributed by atoms with E-state index < -0.39 is 0 Å². The van der Waals surface area contributed by atoms with Gasteiger partial charge in [0.25, 0.3) is 0 Å². The third-order valence-electron chi connectivity index (χ3n) is 2.67. The number of ketones is 1. The number of aromatic nitrogens is 4. The van der Waals surface area contributed by atoms with Crippen molar-refractivity contribution >= 4 is 5.78 Å². The molecule has 0 saturated carbocycles. The summed E-state index contributed by atoms with van der Waals surface area (Å²) in [6, 6.07) is 5.15. The van der Waals surface area contributed by atoms with Crippen molar-refractivity contribution < 1.29 is 9.53 Å². The average Bonchev–Trinajstić information content (AvgIpc) is 2.81. The molecule has 18 heavy (non-hydrogen) atoms. The van der Waals surface area contributed by atoms with Crippen molar-refractivity contribution in [3.05, 3.63) is 35.8 Å². The van der Waals surface area contributed by atoms with Gasteiger partial charge in [0.1, 0.15) is 5.69 Å². The second-order valence-corrected chi connectivity index (χ2v) is 3.83. The Balaban J connectivity index is 1.97. The molecule has 0 aliphatic rings. The standard InChI is InChI=1S/C12H14N4O2/c1-16-9(7-8-13-16)3-5-11(17)10-4-6-12(18-2)15-14-10/h4,6-8H,3,5H2,1-2H3. The van der Waals surface area contributed by atoms with E-state index in [-0.39, 0.29) is 5.78 Å². The monoisotopic (exact) mass is 246 g/mol. The maximum atomic E-state index is 11.9. The first-order valence-electron chi connectivity index (χ1n) is 5.58. The Labute approximate surface area is 105 Å². The maximum absolute atomic E-state index is 11.9. The molecule has 94 valence electrons. The molecule has 0 radical (unpaired) electrons. The van der Waals surface area contributed by atoms with E-state index >= 15 is 0 Å². The molecule has 2 aromatic rings. The van der Waals surface area contributed by atoms with Gasteiger partial charge in [-0.15, -0.1) is 10.2 Å². The Morgan fingerprint density at radius 2 is 2.17 bits per heavy atom. The summed E-state index contributed by atoms with van der Waals surface area (Å²) in [7, 11) is 3.36. The summed E-state index contributed by atoms with van der Waals surface area (Å²) in [5.74, 6) is 0.365. The number of carbonyl (C=O) groups excluding carboxylic acids is 1. The van der Waals surface area contributed by atoms with Gasteiger partial charge in [-0.25, -0.2) is 0 Å². The van der Waals surface area contributed by atoms with E-state index in [0.29, 0.717) is 24.4 Å². The number of hydrogen-bond donors (Lipinski definition) is 0. The quantitative estimate of drug-likeness (QED) is 0.737. The summed E-state index contributed by atoms with van der Waals surface area (Å²) in [5.41, 5.74) is 1.38. The smallest absolute Gasteiger partial charge is 0.233 e. The second kappa shape index (κ2) is 5.39. The van der Waals surface area contributed by atoms with Crippen LogP contribution in [0.4, 0.5) is 0 Å². The molecule has 0 aliphatic heterocycles. The summed E-state index contributed by atoms with van der Waals surface area (Å²) in [4.78, 5) is 11.9. The van der Waals surface area contributed by atoms with Crippen LogP contribution in [0.25, 0.3) is 0 Å². The lowest BCUT2D eigenvalue weighted by Gasteiger charge is -2.02. The molecule has 0 bridgehead atoms. The normalized spacial score (nSPS) is 10.3. The second-order valence-electron chi connectivity index (χ2n) is 3.83. The van der Waals surface area contributed by atoms with Crippen LogP contribution in [0.2, 0.25) is 0 Å². The summed E-state index contributed by atoms with van der Waals surface area (Å²) < 4.78 is 6.64. The van der Waals surface area contributed by atoms with Crippen molar-refractivity contribution in [3.63, 3.8) is 0 Å². The van der Waals surface area contributed by atoms with E-state index in [4.69, 9.17) is 4.74 Å². The van der Waals surface area contributed by atoms with Gasteiger partial charge in [-0.1, -0.05) is 0 Å². The fraction of sp³-hybridized carbons (Fsp3) is 0.333. The number of carbonyl (C=O) groups is 1. The van der Waals surface area contributed by atoms with Gasteiger partial charge in [-0.2, -0.15) is 5.10 Å². The highest BCUT2D eigenvalue weighted by molar-refractivity contribution is 5.94. The van der Waals surface area contributed by atoms with Crippen LogP contribution in [0.1, 0.15) is 22.6 Å². The highest BCUT2D eigenvalue weighted by atomic mass is 16.5. The molecule has 0 aromatic carbocycles. The molecule has 2 rings (SSSR count). The third kappa shape index (κ3) is 2.71. The predicted molar refractivity (Wildman–Crippen MR) is 64.4 cm³/mol. The first-order valence-corrected chi connectivity index (χ1v) is 5.58. The van der Waals surface area contributed by atoms with Crippen molar-refractivity contribution in [1.82, 2.24) is 20.0 Å². The van der Waals surface area contributed by atoms with Crippen molar-refractivity contribution in [3.8, 4) is 5.88 Å². The number of methoxy groups -OCH3 is 1. The van der Waals surface area contributed by atoms with Crippen LogP contribution in [0.3, 0.4) is 0 Å². The topological polar surface area (TPSA) is 69.9 Å². The largest absolute Gasteiger partial charge is 0.480 e. The highest BCUT2D eigenvalue weighted by Gasteiger charge is 2.10. The number of rotatable bonds is 5. The Bertz CT molecular complexity index is 533.